The first-order chi connectivity index (χ1) is 16.7. The smallest absolute Gasteiger partial charge is 0.406 e. The molecule has 0 spiro atoms. The van der Waals surface area contributed by atoms with Crippen LogP contribution in [0, 0.1) is 0 Å². The number of ether oxygens (including phenoxy) is 1. The molecule has 1 aliphatic rings. The topological polar surface area (TPSA) is 53.9 Å². The van der Waals surface area contributed by atoms with Crippen molar-refractivity contribution in [2.24, 2.45) is 4.36 Å². The maximum Gasteiger partial charge on any atom is 0.573 e. The van der Waals surface area contributed by atoms with Gasteiger partial charge >= 0.3 is 6.36 Å². The Morgan fingerprint density at radius 1 is 1.03 bits per heavy atom. The second-order valence-corrected chi connectivity index (χ2v) is 10.6. The van der Waals surface area contributed by atoms with Crippen LogP contribution >= 0.6 is 11.6 Å². The van der Waals surface area contributed by atoms with Crippen molar-refractivity contribution < 1.29 is 22.1 Å². The lowest BCUT2D eigenvalue weighted by atomic mass is 10.0. The third kappa shape index (κ3) is 5.91. The first-order valence-corrected chi connectivity index (χ1v) is 13.0. The van der Waals surface area contributed by atoms with Crippen LogP contribution in [0.15, 0.2) is 76.0 Å². The van der Waals surface area contributed by atoms with E-state index in [2.05, 4.69) is 36.9 Å². The largest absolute Gasteiger partial charge is 0.573 e. The Labute approximate surface area is 208 Å². The zero-order chi connectivity index (χ0) is 25.1. The maximum absolute atomic E-state index is 13.3. The first kappa shape index (κ1) is 25.3. The highest BCUT2D eigenvalue weighted by Gasteiger charge is 2.31. The van der Waals surface area contributed by atoms with E-state index in [1.165, 1.54) is 30.3 Å². The summed E-state index contributed by atoms with van der Waals surface area (Å²) in [4.78, 5) is 2.48. The lowest BCUT2D eigenvalue weighted by Gasteiger charge is -2.28. The highest BCUT2D eigenvalue weighted by molar-refractivity contribution is 7.91. The molecule has 0 aromatic heterocycles. The van der Waals surface area contributed by atoms with Crippen LogP contribution in [-0.2, 0) is 22.8 Å². The van der Waals surface area contributed by atoms with Crippen LogP contribution in [0.3, 0.4) is 0 Å². The second-order valence-electron chi connectivity index (χ2n) is 8.00. The summed E-state index contributed by atoms with van der Waals surface area (Å²) in [6.07, 6.45) is -2.36. The Hall–Kier alpha value is -2.75. The molecule has 186 valence electrons. The Morgan fingerprint density at radius 2 is 1.71 bits per heavy atom. The number of nitrogens with zero attached hydrogens (tertiary/aromatic N) is 2. The van der Waals surface area contributed by atoms with Crippen LogP contribution < -0.4 is 14.4 Å². The Morgan fingerprint density at radius 3 is 2.43 bits per heavy atom. The van der Waals surface area contributed by atoms with Crippen molar-refractivity contribution in [2.75, 3.05) is 25.0 Å². The van der Waals surface area contributed by atoms with E-state index in [1.54, 1.807) is 0 Å². The molecule has 1 aliphatic heterocycles. The molecule has 1 unspecified atom stereocenters. The Bertz CT molecular complexity index is 1310. The summed E-state index contributed by atoms with van der Waals surface area (Å²) in [6.45, 7) is 0.994. The van der Waals surface area contributed by atoms with E-state index in [-0.39, 0.29) is 10.6 Å². The van der Waals surface area contributed by atoms with Crippen molar-refractivity contribution in [1.82, 2.24) is 4.72 Å². The molecule has 3 aromatic carbocycles. The van der Waals surface area contributed by atoms with E-state index in [0.717, 1.165) is 36.3 Å². The van der Waals surface area contributed by atoms with E-state index in [1.807, 2.05) is 24.3 Å². The van der Waals surface area contributed by atoms with E-state index >= 15 is 0 Å². The van der Waals surface area contributed by atoms with Gasteiger partial charge in [0.1, 0.15) is 15.7 Å². The number of para-hydroxylation sites is 2. The molecule has 0 saturated heterocycles. The minimum absolute atomic E-state index is 0.281. The summed E-state index contributed by atoms with van der Waals surface area (Å²) < 4.78 is 61.4. The first-order valence-electron chi connectivity index (χ1n) is 11.1. The summed E-state index contributed by atoms with van der Waals surface area (Å²) in [5.41, 5.74) is 4.50. The van der Waals surface area contributed by atoms with Gasteiger partial charge in [0.2, 0.25) is 0 Å². The monoisotopic (exact) mass is 523 g/mol. The second kappa shape index (κ2) is 10.5. The van der Waals surface area contributed by atoms with Gasteiger partial charge in [0.25, 0.3) is 0 Å². The van der Waals surface area contributed by atoms with Gasteiger partial charge in [0.05, 0.1) is 15.6 Å². The van der Waals surface area contributed by atoms with Crippen molar-refractivity contribution >= 4 is 32.9 Å². The van der Waals surface area contributed by atoms with Crippen molar-refractivity contribution in [2.45, 2.75) is 30.5 Å². The van der Waals surface area contributed by atoms with Crippen molar-refractivity contribution in [3.8, 4) is 5.75 Å². The fourth-order valence-electron chi connectivity index (χ4n) is 4.20. The molecular weight excluding hydrogens is 499 g/mol. The number of aryl methyl sites for hydroxylation is 2. The number of nitrogens with one attached hydrogen (secondary N) is 1. The molecule has 0 radical (unpaired) electrons. The zero-order valence-corrected chi connectivity index (χ0v) is 20.6. The van der Waals surface area contributed by atoms with Crippen LogP contribution in [0.1, 0.15) is 17.5 Å². The molecular formula is C25H25ClF3N3O2S. The molecule has 4 rings (SSSR count). The fourth-order valence-corrected chi connectivity index (χ4v) is 5.93. The number of hydrogen-bond acceptors (Lipinski definition) is 4. The molecule has 0 saturated carbocycles. The molecule has 35 heavy (non-hydrogen) atoms. The summed E-state index contributed by atoms with van der Waals surface area (Å²) >= 11 is 6.62. The quantitative estimate of drug-likeness (QED) is 0.358. The molecule has 0 amide bonds. The van der Waals surface area contributed by atoms with Gasteiger partial charge < -0.3 is 9.64 Å². The maximum atomic E-state index is 13.3. The van der Waals surface area contributed by atoms with Gasteiger partial charge in [-0.3, -0.25) is 0 Å². The minimum Gasteiger partial charge on any atom is -0.406 e. The Kier molecular flexibility index (Phi) is 7.59. The number of anilines is 2. The molecule has 10 heteroatoms. The number of hydrogen-bond donors (Lipinski definition) is 1. The average molecular weight is 524 g/mol. The lowest BCUT2D eigenvalue weighted by molar-refractivity contribution is -0.274. The van der Waals surface area contributed by atoms with Gasteiger partial charge in [-0.25, -0.2) is 13.3 Å². The number of rotatable bonds is 7. The predicted octanol–water partition coefficient (Wildman–Crippen LogP) is 6.53. The SMILES string of the molecule is CN=S(=O)(NCCCN1c2ccccc2CCc2cccc(Cl)c21)c1ccc(OC(F)(F)F)cc1. The van der Waals surface area contributed by atoms with Crippen LogP contribution in [-0.4, -0.2) is 30.7 Å². The van der Waals surface area contributed by atoms with E-state index in [4.69, 9.17) is 11.6 Å². The minimum atomic E-state index is -4.79. The van der Waals surface area contributed by atoms with Crippen LogP contribution in [0.4, 0.5) is 24.5 Å². The Balaban J connectivity index is 1.48. The number of alkyl halides is 3. The predicted molar refractivity (Wildman–Crippen MR) is 133 cm³/mol. The summed E-state index contributed by atoms with van der Waals surface area (Å²) in [6, 6.07) is 19.1. The molecule has 0 aliphatic carbocycles. The van der Waals surface area contributed by atoms with Crippen LogP contribution in [0.25, 0.3) is 0 Å². The van der Waals surface area contributed by atoms with Crippen LogP contribution in [0.2, 0.25) is 5.02 Å². The van der Waals surface area contributed by atoms with Gasteiger partial charge in [0, 0.05) is 25.8 Å². The normalized spacial score (nSPS) is 14.9. The molecule has 1 heterocycles. The highest BCUT2D eigenvalue weighted by Crippen LogP contribution is 2.40. The summed E-state index contributed by atoms with van der Waals surface area (Å²) in [5.74, 6) is -0.380. The van der Waals surface area contributed by atoms with Gasteiger partial charge in [-0.05, 0) is 66.8 Å². The van der Waals surface area contributed by atoms with Crippen molar-refractivity contribution in [3.05, 3.63) is 82.9 Å². The summed E-state index contributed by atoms with van der Waals surface area (Å²) in [5, 5.41) is 0.681. The van der Waals surface area contributed by atoms with Crippen molar-refractivity contribution in [3.63, 3.8) is 0 Å². The lowest BCUT2D eigenvalue weighted by Crippen LogP contribution is -2.28. The standard InChI is InChI=1S/C25H25ClF3N3O2S/c1-30-35(33,21-14-12-20(13-15-21)34-25(27,28)29)31-16-5-17-32-23-9-3-2-6-18(23)10-11-19-7-4-8-22(26)24(19)32/h2-4,6-9,12-15H,5,10-11,16-17H2,1H3,(H,30,31,33). The van der Waals surface area contributed by atoms with E-state index in [0.29, 0.717) is 24.5 Å². The molecule has 0 fully saturated rings. The number of fused-ring (bicyclic) bond motifs is 2. The molecule has 1 N–H and O–H groups in total. The van der Waals surface area contributed by atoms with Crippen LogP contribution in [0.5, 0.6) is 5.75 Å². The third-order valence-corrected chi connectivity index (χ3v) is 8.10. The van der Waals surface area contributed by atoms with Crippen molar-refractivity contribution in [1.29, 1.82) is 0 Å². The van der Waals surface area contributed by atoms with E-state index in [9.17, 15) is 17.4 Å². The fraction of sp³-hybridized carbons (Fsp3) is 0.280. The van der Waals surface area contributed by atoms with Gasteiger partial charge in [-0.1, -0.05) is 41.9 Å². The van der Waals surface area contributed by atoms with Gasteiger partial charge in [0.15, 0.2) is 0 Å². The number of halogens is 4. The zero-order valence-electron chi connectivity index (χ0n) is 19.0. The highest BCUT2D eigenvalue weighted by atomic mass is 35.5. The molecule has 0 bridgehead atoms. The summed E-state index contributed by atoms with van der Waals surface area (Å²) in [7, 11) is -1.60. The average Bonchev–Trinajstić information content (AvgIpc) is 2.99. The van der Waals surface area contributed by atoms with Gasteiger partial charge in [-0.15, -0.1) is 13.2 Å². The molecule has 3 aromatic rings. The molecule has 5 nitrogen and oxygen atoms in total. The molecule has 1 atom stereocenters. The number of benzene rings is 3. The van der Waals surface area contributed by atoms with E-state index < -0.39 is 16.3 Å². The third-order valence-electron chi connectivity index (χ3n) is 5.78. The van der Waals surface area contributed by atoms with Gasteiger partial charge in [-0.2, -0.15) is 0 Å².